The Hall–Kier alpha value is -2.88. The van der Waals surface area contributed by atoms with Gasteiger partial charge in [0.05, 0.1) is 20.2 Å². The van der Waals surface area contributed by atoms with Crippen molar-refractivity contribution in [2.24, 2.45) is 5.84 Å². The van der Waals surface area contributed by atoms with Gasteiger partial charge in [0.25, 0.3) is 5.92 Å². The molecule has 0 amide bonds. The Bertz CT molecular complexity index is 900. The van der Waals surface area contributed by atoms with E-state index < -0.39 is 12.5 Å². The lowest BCUT2D eigenvalue weighted by Gasteiger charge is -2.28. The number of hydrazine groups is 1. The summed E-state index contributed by atoms with van der Waals surface area (Å²) in [4.78, 5) is 10.7. The molecule has 2 heterocycles. The van der Waals surface area contributed by atoms with E-state index in [1.807, 2.05) is 45.0 Å². The maximum Gasteiger partial charge on any atom is 0.266 e. The number of hydrogen-bond acceptors (Lipinski definition) is 8. The summed E-state index contributed by atoms with van der Waals surface area (Å²) in [5.41, 5.74) is 1.14. The van der Waals surface area contributed by atoms with E-state index in [-0.39, 0.29) is 18.5 Å². The highest BCUT2D eigenvalue weighted by Gasteiger charge is 2.40. The molecule has 2 aromatic rings. The SMILES string of the molecule is CNc1c(N(N)Cc2ccc(OC)cc2)nc(NC(C)(C)C)nc1N1CCC(F)(F)C1. The van der Waals surface area contributed by atoms with Crippen LogP contribution in [0, 0.1) is 0 Å². The van der Waals surface area contributed by atoms with Crippen LogP contribution in [0.15, 0.2) is 24.3 Å². The maximum absolute atomic E-state index is 13.9. The fraction of sp³-hybridized carbons (Fsp3) is 0.524. The summed E-state index contributed by atoms with van der Waals surface area (Å²) >= 11 is 0. The number of anilines is 4. The van der Waals surface area contributed by atoms with E-state index >= 15 is 0 Å². The van der Waals surface area contributed by atoms with Gasteiger partial charge in [0.1, 0.15) is 11.4 Å². The van der Waals surface area contributed by atoms with Gasteiger partial charge >= 0.3 is 0 Å². The number of alkyl halides is 2. The van der Waals surface area contributed by atoms with Gasteiger partial charge in [-0.1, -0.05) is 12.1 Å². The summed E-state index contributed by atoms with van der Waals surface area (Å²) in [5.74, 6) is 5.56. The Labute approximate surface area is 181 Å². The van der Waals surface area contributed by atoms with Crippen molar-refractivity contribution in [2.75, 3.05) is 47.8 Å². The molecule has 3 rings (SSSR count). The number of aromatic nitrogens is 2. The molecule has 10 heteroatoms. The molecule has 1 aromatic carbocycles. The Kier molecular flexibility index (Phi) is 6.40. The number of hydrogen-bond donors (Lipinski definition) is 3. The number of rotatable bonds is 7. The molecule has 0 aliphatic carbocycles. The predicted octanol–water partition coefficient (Wildman–Crippen LogP) is 3.46. The number of nitrogens with two attached hydrogens (primary N) is 1. The largest absolute Gasteiger partial charge is 0.497 e. The van der Waals surface area contributed by atoms with E-state index in [0.717, 1.165) is 11.3 Å². The standard InChI is InChI=1S/C21H31F2N7O/c1-20(2,3)28-19-26-17(29-11-10-21(22,23)13-29)16(25-4)18(27-19)30(24)12-14-6-8-15(31-5)9-7-14/h6-9,25H,10-13,24H2,1-5H3,(H,26,27,28). The second kappa shape index (κ2) is 8.70. The molecule has 0 spiro atoms. The van der Waals surface area contributed by atoms with Gasteiger partial charge in [0.2, 0.25) is 5.95 Å². The van der Waals surface area contributed by atoms with Crippen molar-refractivity contribution in [1.82, 2.24) is 9.97 Å². The molecule has 0 atom stereocenters. The van der Waals surface area contributed by atoms with Crippen LogP contribution >= 0.6 is 0 Å². The fourth-order valence-corrected chi connectivity index (χ4v) is 3.41. The van der Waals surface area contributed by atoms with Crippen molar-refractivity contribution in [3.8, 4) is 5.75 Å². The van der Waals surface area contributed by atoms with Crippen molar-refractivity contribution in [3.05, 3.63) is 29.8 Å². The molecule has 170 valence electrons. The number of benzene rings is 1. The molecule has 8 nitrogen and oxygen atoms in total. The minimum atomic E-state index is -2.75. The summed E-state index contributed by atoms with van der Waals surface area (Å²) < 4.78 is 33.1. The minimum absolute atomic E-state index is 0.205. The molecular formula is C21H31F2N7O. The van der Waals surface area contributed by atoms with E-state index in [9.17, 15) is 8.78 Å². The summed E-state index contributed by atoms with van der Waals surface area (Å²) in [6.45, 7) is 6.10. The van der Waals surface area contributed by atoms with Gasteiger partial charge in [-0.15, -0.1) is 0 Å². The van der Waals surface area contributed by atoms with Crippen LogP contribution in [0.25, 0.3) is 0 Å². The first-order valence-electron chi connectivity index (χ1n) is 10.2. The van der Waals surface area contributed by atoms with E-state index in [1.54, 1.807) is 19.1 Å². The highest BCUT2D eigenvalue weighted by atomic mass is 19.3. The van der Waals surface area contributed by atoms with E-state index in [4.69, 9.17) is 10.6 Å². The average Bonchev–Trinajstić information content (AvgIpc) is 3.06. The monoisotopic (exact) mass is 435 g/mol. The van der Waals surface area contributed by atoms with Crippen molar-refractivity contribution in [2.45, 2.75) is 45.2 Å². The van der Waals surface area contributed by atoms with Crippen molar-refractivity contribution in [3.63, 3.8) is 0 Å². The van der Waals surface area contributed by atoms with Gasteiger partial charge in [-0.3, -0.25) is 5.01 Å². The van der Waals surface area contributed by atoms with Crippen molar-refractivity contribution >= 4 is 23.3 Å². The Balaban J connectivity index is 1.99. The number of nitrogens with one attached hydrogen (secondary N) is 2. The second-order valence-corrected chi connectivity index (χ2v) is 8.70. The van der Waals surface area contributed by atoms with Gasteiger partial charge < -0.3 is 20.3 Å². The number of methoxy groups -OCH3 is 1. The third-order valence-electron chi connectivity index (χ3n) is 4.86. The van der Waals surface area contributed by atoms with E-state index in [1.165, 1.54) is 5.01 Å². The predicted molar refractivity (Wildman–Crippen MR) is 120 cm³/mol. The van der Waals surface area contributed by atoms with Gasteiger partial charge in [-0.05, 0) is 38.5 Å². The Morgan fingerprint density at radius 1 is 1.23 bits per heavy atom. The first kappa shape index (κ1) is 22.8. The normalized spacial score (nSPS) is 15.7. The molecule has 31 heavy (non-hydrogen) atoms. The van der Waals surface area contributed by atoms with Crippen LogP contribution in [-0.2, 0) is 6.54 Å². The molecular weight excluding hydrogens is 404 g/mol. The lowest BCUT2D eigenvalue weighted by atomic mass is 10.1. The first-order chi connectivity index (χ1) is 14.5. The van der Waals surface area contributed by atoms with Crippen LogP contribution in [0.3, 0.4) is 0 Å². The highest BCUT2D eigenvalue weighted by molar-refractivity contribution is 5.80. The lowest BCUT2D eigenvalue weighted by molar-refractivity contribution is 0.0257. The summed E-state index contributed by atoms with van der Waals surface area (Å²) in [6.07, 6.45) is -0.213. The third kappa shape index (κ3) is 5.63. The Morgan fingerprint density at radius 2 is 1.90 bits per heavy atom. The zero-order valence-corrected chi connectivity index (χ0v) is 18.7. The lowest BCUT2D eigenvalue weighted by Crippen LogP contribution is -2.35. The zero-order valence-electron chi connectivity index (χ0n) is 18.7. The zero-order chi connectivity index (χ0) is 22.8. The number of ether oxygens (including phenoxy) is 1. The summed E-state index contributed by atoms with van der Waals surface area (Å²) in [7, 11) is 3.31. The molecule has 1 aliphatic rings. The van der Waals surface area contributed by atoms with Gasteiger partial charge in [0, 0.05) is 25.6 Å². The molecule has 0 unspecified atom stereocenters. The number of halogens is 2. The average molecular weight is 436 g/mol. The topological polar surface area (TPSA) is 91.6 Å². The molecule has 0 radical (unpaired) electrons. The van der Waals surface area contributed by atoms with Crippen LogP contribution < -0.4 is 31.1 Å². The van der Waals surface area contributed by atoms with Crippen LogP contribution in [0.5, 0.6) is 5.75 Å². The summed E-state index contributed by atoms with van der Waals surface area (Å²) in [5, 5.41) is 7.78. The van der Waals surface area contributed by atoms with Crippen LogP contribution in [-0.4, -0.2) is 48.7 Å². The molecule has 4 N–H and O–H groups in total. The van der Waals surface area contributed by atoms with Gasteiger partial charge in [-0.2, -0.15) is 9.97 Å². The van der Waals surface area contributed by atoms with Crippen LogP contribution in [0.1, 0.15) is 32.8 Å². The van der Waals surface area contributed by atoms with Crippen molar-refractivity contribution < 1.29 is 13.5 Å². The van der Waals surface area contributed by atoms with E-state index in [2.05, 4.69) is 20.6 Å². The van der Waals surface area contributed by atoms with E-state index in [0.29, 0.717) is 29.8 Å². The molecule has 1 aromatic heterocycles. The molecule has 1 fully saturated rings. The van der Waals surface area contributed by atoms with Crippen molar-refractivity contribution in [1.29, 1.82) is 0 Å². The van der Waals surface area contributed by atoms with Crippen LogP contribution in [0.2, 0.25) is 0 Å². The van der Waals surface area contributed by atoms with Crippen LogP contribution in [0.4, 0.5) is 32.1 Å². The second-order valence-electron chi connectivity index (χ2n) is 8.70. The molecule has 1 aliphatic heterocycles. The maximum atomic E-state index is 13.9. The van der Waals surface area contributed by atoms with Gasteiger partial charge in [0.15, 0.2) is 11.6 Å². The minimum Gasteiger partial charge on any atom is -0.497 e. The first-order valence-corrected chi connectivity index (χ1v) is 10.2. The molecule has 0 saturated carbocycles. The Morgan fingerprint density at radius 3 is 2.42 bits per heavy atom. The molecule has 0 bridgehead atoms. The quantitative estimate of drug-likeness (QED) is 0.450. The van der Waals surface area contributed by atoms with Gasteiger partial charge in [-0.25, -0.2) is 14.6 Å². The fourth-order valence-electron chi connectivity index (χ4n) is 3.41. The summed E-state index contributed by atoms with van der Waals surface area (Å²) in [6, 6.07) is 7.53. The highest BCUT2D eigenvalue weighted by Crippen LogP contribution is 2.38. The third-order valence-corrected chi connectivity index (χ3v) is 4.86. The number of nitrogens with zero attached hydrogens (tertiary/aromatic N) is 4. The molecule has 1 saturated heterocycles. The smallest absolute Gasteiger partial charge is 0.266 e.